The van der Waals surface area contributed by atoms with Crippen molar-refractivity contribution in [1.29, 1.82) is 0 Å². The first-order valence-electron chi connectivity index (χ1n) is 12.2. The number of hydrogen-bond donors (Lipinski definition) is 3. The second-order valence-electron chi connectivity index (χ2n) is 9.39. The Hall–Kier alpha value is -2.06. The van der Waals surface area contributed by atoms with Crippen LogP contribution in [0.2, 0.25) is 0 Å². The van der Waals surface area contributed by atoms with E-state index in [0.29, 0.717) is 19.5 Å². The Labute approximate surface area is 200 Å². The molecule has 6 atom stereocenters. The molecule has 3 saturated heterocycles. The lowest BCUT2D eigenvalue weighted by Crippen LogP contribution is -2.56. The quantitative estimate of drug-likeness (QED) is 0.452. The lowest BCUT2D eigenvalue weighted by Gasteiger charge is -2.36. The third-order valence-electron chi connectivity index (χ3n) is 7.50. The van der Waals surface area contributed by atoms with Crippen LogP contribution >= 0.6 is 11.8 Å². The molecule has 0 aromatic heterocycles. The normalized spacial score (nSPS) is 30.9. The Morgan fingerprint density at radius 2 is 1.97 bits per heavy atom. The monoisotopic (exact) mass is 473 g/mol. The third-order valence-corrected chi connectivity index (χ3v) is 9.46. The molecule has 2 unspecified atom stereocenters. The van der Waals surface area contributed by atoms with E-state index >= 15 is 0 Å². The summed E-state index contributed by atoms with van der Waals surface area (Å²) >= 11 is 1.66. The van der Waals surface area contributed by atoms with Gasteiger partial charge in [-0.05, 0) is 31.2 Å². The van der Waals surface area contributed by atoms with Gasteiger partial charge in [-0.25, -0.2) is 0 Å². The number of aliphatic hydroxyl groups excluding tert-OH is 1. The molecule has 3 heterocycles. The van der Waals surface area contributed by atoms with Gasteiger partial charge < -0.3 is 20.6 Å². The van der Waals surface area contributed by atoms with Gasteiger partial charge in [-0.3, -0.25) is 14.4 Å². The van der Waals surface area contributed by atoms with Crippen molar-refractivity contribution in [3.05, 3.63) is 35.9 Å². The molecule has 3 aliphatic rings. The summed E-state index contributed by atoms with van der Waals surface area (Å²) in [4.78, 5) is 42.2. The highest BCUT2D eigenvalue weighted by Crippen LogP contribution is 2.66. The summed E-state index contributed by atoms with van der Waals surface area (Å²) in [6.07, 6.45) is 3.96. The van der Waals surface area contributed by atoms with Gasteiger partial charge >= 0.3 is 0 Å². The SMILES string of the molecule is CCCCNC(=O)C1N([C@@H](CC)CO)C(=O)[C@@H]2[C@@H](C(=O)NCc3ccccc3)[C@H]3CCC12S3. The molecule has 7 nitrogen and oxygen atoms in total. The predicted octanol–water partition coefficient (Wildman–Crippen LogP) is 2.08. The van der Waals surface area contributed by atoms with Gasteiger partial charge in [0.25, 0.3) is 0 Å². The van der Waals surface area contributed by atoms with E-state index in [1.807, 2.05) is 37.3 Å². The Morgan fingerprint density at radius 1 is 1.21 bits per heavy atom. The average molecular weight is 474 g/mol. The fraction of sp³-hybridized carbons (Fsp3) is 0.640. The molecule has 4 rings (SSSR count). The molecular weight excluding hydrogens is 438 g/mol. The van der Waals surface area contributed by atoms with E-state index in [9.17, 15) is 19.5 Å². The molecule has 1 aromatic carbocycles. The molecule has 33 heavy (non-hydrogen) atoms. The molecule has 3 fully saturated rings. The summed E-state index contributed by atoms with van der Waals surface area (Å²) < 4.78 is -0.602. The minimum atomic E-state index is -0.647. The molecule has 2 bridgehead atoms. The number of carbonyl (C=O) groups is 3. The highest BCUT2D eigenvalue weighted by atomic mass is 32.2. The van der Waals surface area contributed by atoms with E-state index in [4.69, 9.17) is 0 Å². The number of hydrogen-bond acceptors (Lipinski definition) is 5. The number of fused-ring (bicyclic) bond motifs is 1. The predicted molar refractivity (Wildman–Crippen MR) is 128 cm³/mol. The molecule has 3 amide bonds. The van der Waals surface area contributed by atoms with Gasteiger partial charge in [0.2, 0.25) is 17.7 Å². The largest absolute Gasteiger partial charge is 0.394 e. The molecule has 0 radical (unpaired) electrons. The van der Waals surface area contributed by atoms with Crippen molar-refractivity contribution >= 4 is 29.5 Å². The van der Waals surface area contributed by atoms with Crippen molar-refractivity contribution in [2.24, 2.45) is 11.8 Å². The molecule has 3 N–H and O–H groups in total. The number of unbranched alkanes of at least 4 members (excludes halogenated alkanes) is 1. The van der Waals surface area contributed by atoms with Crippen LogP contribution in [-0.4, -0.2) is 63.0 Å². The standard InChI is InChI=1S/C25H35N3O4S/c1-3-5-13-26-23(31)21-25-12-11-18(33-25)19(20(25)24(32)28(21)17(4-2)15-29)22(30)27-14-16-9-7-6-8-10-16/h6-10,17-21,29H,3-5,11-15H2,1-2H3,(H,26,31)(H,27,30)/t17-,18+,19-,20-,21?,25?/m0/s1. The number of likely N-dealkylation sites (tertiary alicyclic amines) is 1. The number of aliphatic hydroxyl groups is 1. The van der Waals surface area contributed by atoms with Crippen molar-refractivity contribution in [2.75, 3.05) is 13.2 Å². The highest BCUT2D eigenvalue weighted by Gasteiger charge is 2.74. The van der Waals surface area contributed by atoms with Gasteiger partial charge in [-0.1, -0.05) is 50.6 Å². The van der Waals surface area contributed by atoms with Crippen LogP contribution in [0, 0.1) is 11.8 Å². The summed E-state index contributed by atoms with van der Waals surface area (Å²) in [5, 5.41) is 16.1. The maximum atomic E-state index is 13.8. The van der Waals surface area contributed by atoms with Gasteiger partial charge in [0.05, 0.1) is 29.2 Å². The topological polar surface area (TPSA) is 98.7 Å². The lowest BCUT2D eigenvalue weighted by atomic mass is 9.70. The Kier molecular flexibility index (Phi) is 7.34. The lowest BCUT2D eigenvalue weighted by molar-refractivity contribution is -0.142. The van der Waals surface area contributed by atoms with Crippen LogP contribution in [0.25, 0.3) is 0 Å². The van der Waals surface area contributed by atoms with E-state index in [2.05, 4.69) is 17.6 Å². The second kappa shape index (κ2) is 10.1. The number of thioether (sulfide) groups is 1. The summed E-state index contributed by atoms with van der Waals surface area (Å²) in [5.74, 6) is -1.39. The van der Waals surface area contributed by atoms with Crippen LogP contribution in [0.3, 0.4) is 0 Å². The van der Waals surface area contributed by atoms with E-state index < -0.39 is 28.7 Å². The van der Waals surface area contributed by atoms with Gasteiger partial charge in [0.1, 0.15) is 6.04 Å². The first-order valence-corrected chi connectivity index (χ1v) is 13.1. The number of amides is 3. The van der Waals surface area contributed by atoms with Crippen LogP contribution in [0.1, 0.15) is 51.5 Å². The average Bonchev–Trinajstić information content (AvgIpc) is 3.47. The first kappa shape index (κ1) is 24.1. The summed E-state index contributed by atoms with van der Waals surface area (Å²) in [6, 6.07) is 8.66. The van der Waals surface area contributed by atoms with E-state index in [1.54, 1.807) is 16.7 Å². The highest BCUT2D eigenvalue weighted by molar-refractivity contribution is 8.02. The number of nitrogens with zero attached hydrogens (tertiary/aromatic N) is 1. The number of nitrogens with one attached hydrogen (secondary N) is 2. The van der Waals surface area contributed by atoms with Crippen molar-refractivity contribution in [1.82, 2.24) is 15.5 Å². The smallest absolute Gasteiger partial charge is 0.244 e. The van der Waals surface area contributed by atoms with Crippen LogP contribution < -0.4 is 10.6 Å². The Morgan fingerprint density at radius 3 is 2.64 bits per heavy atom. The van der Waals surface area contributed by atoms with E-state index in [1.165, 1.54) is 0 Å². The zero-order valence-corrected chi connectivity index (χ0v) is 20.3. The van der Waals surface area contributed by atoms with E-state index in [0.717, 1.165) is 31.2 Å². The van der Waals surface area contributed by atoms with E-state index in [-0.39, 0.29) is 29.6 Å². The van der Waals surface area contributed by atoms with Gasteiger partial charge in [0, 0.05) is 18.3 Å². The zero-order valence-electron chi connectivity index (χ0n) is 19.5. The van der Waals surface area contributed by atoms with Gasteiger partial charge in [-0.2, -0.15) is 0 Å². The molecule has 0 aliphatic carbocycles. The van der Waals surface area contributed by atoms with Crippen molar-refractivity contribution in [3.63, 3.8) is 0 Å². The maximum absolute atomic E-state index is 13.8. The van der Waals surface area contributed by atoms with Gasteiger partial charge in [0.15, 0.2) is 0 Å². The molecule has 1 spiro atoms. The van der Waals surface area contributed by atoms with Crippen LogP contribution in [0.5, 0.6) is 0 Å². The molecule has 3 aliphatic heterocycles. The number of rotatable bonds is 10. The number of benzene rings is 1. The maximum Gasteiger partial charge on any atom is 0.244 e. The summed E-state index contributed by atoms with van der Waals surface area (Å²) in [6.45, 7) is 4.78. The van der Waals surface area contributed by atoms with Crippen LogP contribution in [0.4, 0.5) is 0 Å². The Balaban J connectivity index is 1.60. The summed E-state index contributed by atoms with van der Waals surface area (Å²) in [7, 11) is 0. The third kappa shape index (κ3) is 4.16. The van der Waals surface area contributed by atoms with Crippen molar-refractivity contribution < 1.29 is 19.5 Å². The first-order chi connectivity index (χ1) is 16.0. The van der Waals surface area contributed by atoms with Crippen LogP contribution in [0.15, 0.2) is 30.3 Å². The fourth-order valence-electron chi connectivity index (χ4n) is 5.89. The number of carbonyl (C=O) groups excluding carboxylic acids is 3. The molecule has 1 aromatic rings. The van der Waals surface area contributed by atoms with Crippen molar-refractivity contribution in [3.8, 4) is 0 Å². The second-order valence-corrected chi connectivity index (χ2v) is 11.0. The molecule has 0 saturated carbocycles. The fourth-order valence-corrected chi connectivity index (χ4v) is 8.09. The Bertz CT molecular complexity index is 878. The van der Waals surface area contributed by atoms with Crippen LogP contribution in [-0.2, 0) is 20.9 Å². The van der Waals surface area contributed by atoms with Gasteiger partial charge in [-0.15, -0.1) is 11.8 Å². The molecule has 8 heteroatoms. The zero-order chi connectivity index (χ0) is 23.6. The minimum Gasteiger partial charge on any atom is -0.394 e. The molecule has 180 valence electrons. The minimum absolute atomic E-state index is 0.0389. The van der Waals surface area contributed by atoms with Crippen molar-refractivity contribution in [2.45, 2.75) is 74.6 Å². The molecular formula is C25H35N3O4S. The summed E-state index contributed by atoms with van der Waals surface area (Å²) in [5.41, 5.74) is 1.01.